The molecule has 0 saturated heterocycles. The van der Waals surface area contributed by atoms with Crippen LogP contribution in [0.5, 0.6) is 0 Å². The van der Waals surface area contributed by atoms with E-state index in [0.29, 0.717) is 11.3 Å². The second kappa shape index (κ2) is 5.98. The molecule has 4 saturated carbocycles. The van der Waals surface area contributed by atoms with Crippen LogP contribution in [-0.4, -0.2) is 21.9 Å². The summed E-state index contributed by atoms with van der Waals surface area (Å²) in [6, 6.07) is 0. The van der Waals surface area contributed by atoms with E-state index in [-0.39, 0.29) is 11.7 Å². The lowest BCUT2D eigenvalue weighted by atomic mass is 9.48. The molecule has 24 heavy (non-hydrogen) atoms. The average molecular weight is 335 g/mol. The number of fused-ring (bicyclic) bond motifs is 5. The fourth-order valence-corrected chi connectivity index (χ4v) is 8.12. The Morgan fingerprint density at radius 2 is 1.71 bits per heavy atom. The van der Waals surface area contributed by atoms with Gasteiger partial charge < -0.3 is 10.2 Å². The van der Waals surface area contributed by atoms with Crippen molar-refractivity contribution in [1.82, 2.24) is 0 Å². The summed E-state index contributed by atoms with van der Waals surface area (Å²) in [6.45, 7) is 6.68. The highest BCUT2D eigenvalue weighted by Gasteiger charge is 2.58. The van der Waals surface area contributed by atoms with Gasteiger partial charge in [0.05, 0.1) is 11.7 Å². The third kappa shape index (κ3) is 2.50. The fourth-order valence-electron chi connectivity index (χ4n) is 8.12. The highest BCUT2D eigenvalue weighted by atomic mass is 16.3. The molecule has 0 aromatic carbocycles. The molecule has 2 heteroatoms. The molecule has 4 rings (SSSR count). The summed E-state index contributed by atoms with van der Waals surface area (Å²) in [6.07, 6.45) is 12.2. The van der Waals surface area contributed by atoms with E-state index in [0.717, 1.165) is 48.9 Å². The molecule has 0 amide bonds. The number of aliphatic hydroxyl groups excluding tert-OH is 1. The predicted molar refractivity (Wildman–Crippen MR) is 97.5 cm³/mol. The van der Waals surface area contributed by atoms with Gasteiger partial charge in [-0.05, 0) is 112 Å². The van der Waals surface area contributed by atoms with Crippen molar-refractivity contribution >= 4 is 0 Å². The first-order valence-electron chi connectivity index (χ1n) is 10.8. The van der Waals surface area contributed by atoms with Crippen molar-refractivity contribution in [3.05, 3.63) is 0 Å². The number of aliphatic hydroxyl groups is 2. The summed E-state index contributed by atoms with van der Waals surface area (Å²) in [5.74, 6) is 4.85. The number of hydrogen-bond donors (Lipinski definition) is 2. The Kier molecular flexibility index (Phi) is 4.32. The molecule has 9 atom stereocenters. The summed E-state index contributed by atoms with van der Waals surface area (Å²) in [5.41, 5.74) is 0.0307. The average Bonchev–Trinajstić information content (AvgIpc) is 2.91. The highest BCUT2D eigenvalue weighted by molar-refractivity contribution is 5.07. The van der Waals surface area contributed by atoms with Gasteiger partial charge >= 0.3 is 0 Å². The first-order valence-corrected chi connectivity index (χ1v) is 10.8. The maximum absolute atomic E-state index is 10.8. The molecule has 138 valence electrons. The Balaban J connectivity index is 1.53. The largest absolute Gasteiger partial charge is 0.393 e. The summed E-state index contributed by atoms with van der Waals surface area (Å²) < 4.78 is 0. The normalized spacial score (nSPS) is 55.4. The van der Waals surface area contributed by atoms with Crippen LogP contribution in [0.15, 0.2) is 0 Å². The molecule has 1 unspecified atom stereocenters. The molecule has 0 aromatic heterocycles. The molecule has 0 aliphatic heterocycles. The van der Waals surface area contributed by atoms with Gasteiger partial charge in [-0.3, -0.25) is 0 Å². The van der Waals surface area contributed by atoms with E-state index in [4.69, 9.17) is 0 Å². The Bertz CT molecular complexity index is 475. The molecular formula is C22H38O2. The van der Waals surface area contributed by atoms with Gasteiger partial charge in [-0.15, -0.1) is 0 Å². The topological polar surface area (TPSA) is 40.5 Å². The quantitative estimate of drug-likeness (QED) is 0.763. The molecule has 2 nitrogen and oxygen atoms in total. The third-order valence-corrected chi connectivity index (χ3v) is 9.42. The molecule has 0 aromatic rings. The molecule has 0 spiro atoms. The summed E-state index contributed by atoms with van der Waals surface area (Å²) in [7, 11) is 0. The predicted octanol–water partition coefficient (Wildman–Crippen LogP) is 4.78. The Morgan fingerprint density at radius 1 is 0.958 bits per heavy atom. The zero-order valence-corrected chi connectivity index (χ0v) is 16.0. The minimum Gasteiger partial charge on any atom is -0.393 e. The van der Waals surface area contributed by atoms with E-state index in [9.17, 15) is 10.2 Å². The van der Waals surface area contributed by atoms with Crippen LogP contribution in [-0.2, 0) is 0 Å². The van der Waals surface area contributed by atoms with Crippen molar-refractivity contribution in [2.75, 3.05) is 0 Å². The van der Waals surface area contributed by atoms with E-state index in [1.54, 1.807) is 0 Å². The van der Waals surface area contributed by atoms with Crippen molar-refractivity contribution in [1.29, 1.82) is 0 Å². The summed E-state index contributed by atoms with van der Waals surface area (Å²) >= 11 is 0. The first-order chi connectivity index (χ1) is 11.4. The first kappa shape index (κ1) is 17.3. The highest BCUT2D eigenvalue weighted by Crippen LogP contribution is 2.65. The third-order valence-electron chi connectivity index (χ3n) is 9.42. The van der Waals surface area contributed by atoms with Crippen molar-refractivity contribution < 1.29 is 10.2 Å². The van der Waals surface area contributed by atoms with E-state index >= 15 is 0 Å². The Morgan fingerprint density at radius 3 is 2.42 bits per heavy atom. The zero-order chi connectivity index (χ0) is 17.1. The maximum atomic E-state index is 10.8. The molecule has 4 aliphatic rings. The van der Waals surface area contributed by atoms with Gasteiger partial charge in [-0.1, -0.05) is 13.8 Å². The van der Waals surface area contributed by atoms with Gasteiger partial charge in [0, 0.05) is 0 Å². The van der Waals surface area contributed by atoms with E-state index in [2.05, 4.69) is 13.8 Å². The van der Waals surface area contributed by atoms with Gasteiger partial charge in [-0.2, -0.15) is 0 Å². The van der Waals surface area contributed by atoms with Gasteiger partial charge in [-0.25, -0.2) is 0 Å². The second-order valence-corrected chi connectivity index (χ2v) is 10.2. The number of hydrogen-bond acceptors (Lipinski definition) is 2. The Labute approximate surface area is 148 Å². The molecule has 0 bridgehead atoms. The molecular weight excluding hydrogens is 296 g/mol. The van der Waals surface area contributed by atoms with Crippen molar-refractivity contribution in [2.24, 2.45) is 40.9 Å². The fraction of sp³-hybridized carbons (Fsp3) is 1.00. The van der Waals surface area contributed by atoms with Crippen LogP contribution in [0.1, 0.15) is 85.0 Å². The van der Waals surface area contributed by atoms with Gasteiger partial charge in [0.1, 0.15) is 0 Å². The molecule has 0 radical (unpaired) electrons. The van der Waals surface area contributed by atoms with Crippen LogP contribution in [0.25, 0.3) is 0 Å². The van der Waals surface area contributed by atoms with E-state index in [1.165, 1.54) is 44.9 Å². The summed E-state index contributed by atoms with van der Waals surface area (Å²) in [4.78, 5) is 0. The van der Waals surface area contributed by atoms with Crippen LogP contribution < -0.4 is 0 Å². The molecule has 0 heterocycles. The van der Waals surface area contributed by atoms with E-state index in [1.807, 2.05) is 6.92 Å². The lowest BCUT2D eigenvalue weighted by Crippen LogP contribution is -2.51. The smallest absolute Gasteiger partial charge is 0.0648 e. The van der Waals surface area contributed by atoms with Crippen molar-refractivity contribution in [3.63, 3.8) is 0 Å². The van der Waals surface area contributed by atoms with Crippen LogP contribution in [0.2, 0.25) is 0 Å². The summed E-state index contributed by atoms with van der Waals surface area (Å²) in [5, 5.41) is 21.1. The lowest BCUT2D eigenvalue weighted by Gasteiger charge is -2.57. The minimum atomic E-state index is -0.359. The van der Waals surface area contributed by atoms with Gasteiger partial charge in [0.15, 0.2) is 0 Å². The molecule has 4 aliphatic carbocycles. The van der Waals surface area contributed by atoms with Crippen molar-refractivity contribution in [2.45, 2.75) is 96.7 Å². The SMILES string of the molecule is CC[C@@]1(O)CC[C@H]2[C@@H](CC[C@@H]3[C@@H]2CC[C@]2(C)[C@@H](C(C)O)CC[C@@H]32)C1. The van der Waals surface area contributed by atoms with E-state index < -0.39 is 0 Å². The monoisotopic (exact) mass is 334 g/mol. The maximum Gasteiger partial charge on any atom is 0.0648 e. The minimum absolute atomic E-state index is 0.137. The van der Waals surface area contributed by atoms with Crippen LogP contribution in [0, 0.1) is 40.9 Å². The lowest BCUT2D eigenvalue weighted by molar-refractivity contribution is -0.112. The van der Waals surface area contributed by atoms with Gasteiger partial charge in [0.2, 0.25) is 0 Å². The van der Waals surface area contributed by atoms with Crippen molar-refractivity contribution in [3.8, 4) is 0 Å². The Hall–Kier alpha value is -0.0800. The number of rotatable bonds is 2. The standard InChI is InChI=1S/C22H38O2/c1-4-22(24)12-10-16-15(13-22)5-6-18-17(16)9-11-21(3)19(14(2)23)7-8-20(18)21/h14-20,23-24H,4-13H2,1-3H3/t14?,15-,16-,17+,18+,19+,20-,21+,22+/m0/s1. The van der Waals surface area contributed by atoms with Crippen LogP contribution >= 0.6 is 0 Å². The van der Waals surface area contributed by atoms with Gasteiger partial charge in [0.25, 0.3) is 0 Å². The molecule has 2 N–H and O–H groups in total. The van der Waals surface area contributed by atoms with Crippen LogP contribution in [0.4, 0.5) is 0 Å². The second-order valence-electron chi connectivity index (χ2n) is 10.2. The van der Waals surface area contributed by atoms with Crippen LogP contribution in [0.3, 0.4) is 0 Å². The zero-order valence-electron chi connectivity index (χ0n) is 16.0. The molecule has 4 fully saturated rings.